The Morgan fingerprint density at radius 2 is 1.18 bits per heavy atom. The first kappa shape index (κ1) is 26.9. The Morgan fingerprint density at radius 1 is 0.614 bits per heavy atom. The third-order valence-corrected chi connectivity index (χ3v) is 7.66. The van der Waals surface area contributed by atoms with E-state index in [-0.39, 0.29) is 0 Å². The lowest BCUT2D eigenvalue weighted by Crippen LogP contribution is -2.00. The van der Waals surface area contributed by atoms with Crippen LogP contribution in [-0.2, 0) is 0 Å². The molecule has 0 aliphatic heterocycles. The first-order valence-corrected chi connectivity index (χ1v) is 14.6. The third-order valence-electron chi connectivity index (χ3n) is 7.66. The van der Waals surface area contributed by atoms with Gasteiger partial charge in [0.1, 0.15) is 5.65 Å². The van der Waals surface area contributed by atoms with Crippen LogP contribution in [0.3, 0.4) is 0 Å². The molecular formula is C39H29N5. The highest BCUT2D eigenvalue weighted by Crippen LogP contribution is 2.35. The Hall–Kier alpha value is -5.94. The van der Waals surface area contributed by atoms with Crippen molar-refractivity contribution in [3.8, 4) is 45.3 Å². The molecule has 5 heteroatoms. The second-order valence-corrected chi connectivity index (χ2v) is 10.4. The second kappa shape index (κ2) is 11.7. The fraction of sp³-hybridized carbons (Fsp3) is 0.0256. The number of pyridine rings is 1. The van der Waals surface area contributed by atoms with Crippen LogP contribution in [0.2, 0.25) is 0 Å². The van der Waals surface area contributed by atoms with E-state index in [1.807, 2.05) is 85.9 Å². The van der Waals surface area contributed by atoms with E-state index in [4.69, 9.17) is 19.9 Å². The Balaban J connectivity index is 1.30. The minimum atomic E-state index is 0.639. The monoisotopic (exact) mass is 567 g/mol. The van der Waals surface area contributed by atoms with Crippen LogP contribution in [0.4, 0.5) is 0 Å². The van der Waals surface area contributed by atoms with Crippen molar-refractivity contribution in [1.82, 2.24) is 24.5 Å². The van der Waals surface area contributed by atoms with Gasteiger partial charge in [0.25, 0.3) is 0 Å². The molecule has 0 radical (unpaired) electrons. The quantitative estimate of drug-likeness (QED) is 0.180. The number of benzene rings is 4. The molecule has 0 bridgehead atoms. The molecule has 0 saturated heterocycles. The van der Waals surface area contributed by atoms with Crippen molar-refractivity contribution < 1.29 is 0 Å². The average molecular weight is 568 g/mol. The van der Waals surface area contributed by atoms with Crippen LogP contribution in [0.1, 0.15) is 6.92 Å². The second-order valence-electron chi connectivity index (χ2n) is 10.4. The van der Waals surface area contributed by atoms with Crippen LogP contribution in [0.25, 0.3) is 72.9 Å². The van der Waals surface area contributed by atoms with Crippen LogP contribution >= 0.6 is 0 Å². The molecule has 7 rings (SSSR count). The zero-order valence-corrected chi connectivity index (χ0v) is 24.3. The van der Waals surface area contributed by atoms with E-state index in [0.29, 0.717) is 17.5 Å². The number of allylic oxidation sites excluding steroid dienone is 5. The number of fused-ring (bicyclic) bond motifs is 3. The van der Waals surface area contributed by atoms with Crippen molar-refractivity contribution in [2.24, 2.45) is 0 Å². The van der Waals surface area contributed by atoms with Gasteiger partial charge in [-0.25, -0.2) is 19.9 Å². The van der Waals surface area contributed by atoms with E-state index < -0.39 is 0 Å². The molecular weight excluding hydrogens is 538 g/mol. The molecule has 0 atom stereocenters. The molecule has 0 aliphatic carbocycles. The number of aromatic nitrogens is 5. The molecule has 0 aliphatic rings. The highest BCUT2D eigenvalue weighted by Gasteiger charge is 2.15. The van der Waals surface area contributed by atoms with Gasteiger partial charge in [-0.1, -0.05) is 116 Å². The Bertz CT molecular complexity index is 2120. The summed E-state index contributed by atoms with van der Waals surface area (Å²) in [6.45, 7) is 5.87. The van der Waals surface area contributed by atoms with Crippen LogP contribution in [0, 0.1) is 0 Å². The maximum absolute atomic E-state index is 4.88. The molecule has 3 heterocycles. The van der Waals surface area contributed by atoms with E-state index in [9.17, 15) is 0 Å². The summed E-state index contributed by atoms with van der Waals surface area (Å²) in [5, 5.41) is 2.26. The minimum Gasteiger partial charge on any atom is -0.294 e. The maximum Gasteiger partial charge on any atom is 0.164 e. The summed E-state index contributed by atoms with van der Waals surface area (Å²) in [7, 11) is 0. The summed E-state index contributed by atoms with van der Waals surface area (Å²) in [5.41, 5.74) is 8.14. The van der Waals surface area contributed by atoms with E-state index in [1.165, 1.54) is 0 Å². The summed E-state index contributed by atoms with van der Waals surface area (Å²) in [6.07, 6.45) is 9.72. The van der Waals surface area contributed by atoms with Gasteiger partial charge in [-0.3, -0.25) is 4.57 Å². The van der Waals surface area contributed by atoms with Gasteiger partial charge in [-0.15, -0.1) is 0 Å². The van der Waals surface area contributed by atoms with E-state index in [2.05, 4.69) is 71.8 Å². The normalized spacial score (nSPS) is 11.9. The zero-order valence-electron chi connectivity index (χ0n) is 24.3. The summed E-state index contributed by atoms with van der Waals surface area (Å²) in [5.74, 6) is 1.94. The van der Waals surface area contributed by atoms with Crippen molar-refractivity contribution in [1.29, 1.82) is 0 Å². The highest BCUT2D eigenvalue weighted by atomic mass is 15.1. The number of nitrogens with zero attached hydrogens (tertiary/aromatic N) is 5. The lowest BCUT2D eigenvalue weighted by atomic mass is 10.0. The first-order valence-electron chi connectivity index (χ1n) is 14.6. The van der Waals surface area contributed by atoms with Crippen molar-refractivity contribution in [3.05, 3.63) is 152 Å². The Kier molecular flexibility index (Phi) is 7.19. The number of hydrogen-bond acceptors (Lipinski definition) is 4. The van der Waals surface area contributed by atoms with Crippen LogP contribution < -0.4 is 0 Å². The minimum absolute atomic E-state index is 0.639. The van der Waals surface area contributed by atoms with E-state index >= 15 is 0 Å². The van der Waals surface area contributed by atoms with Crippen molar-refractivity contribution in [2.75, 3.05) is 0 Å². The number of hydrogen-bond donors (Lipinski definition) is 0. The van der Waals surface area contributed by atoms with Crippen LogP contribution in [0.5, 0.6) is 0 Å². The molecule has 0 spiro atoms. The molecule has 210 valence electrons. The summed E-state index contributed by atoms with van der Waals surface area (Å²) < 4.78 is 2.20. The van der Waals surface area contributed by atoms with E-state index in [1.54, 1.807) is 6.08 Å². The largest absolute Gasteiger partial charge is 0.294 e. The predicted molar refractivity (Wildman–Crippen MR) is 182 cm³/mol. The van der Waals surface area contributed by atoms with Gasteiger partial charge in [0.05, 0.1) is 5.52 Å². The molecule has 0 fully saturated rings. The Labute approximate surface area is 256 Å². The third kappa shape index (κ3) is 5.01. The summed E-state index contributed by atoms with van der Waals surface area (Å²) in [6, 6.07) is 39.2. The van der Waals surface area contributed by atoms with Gasteiger partial charge in [0.15, 0.2) is 17.5 Å². The van der Waals surface area contributed by atoms with Gasteiger partial charge in [-0.2, -0.15) is 0 Å². The van der Waals surface area contributed by atoms with Gasteiger partial charge >= 0.3 is 0 Å². The van der Waals surface area contributed by atoms with Gasteiger partial charge in [-0.05, 0) is 48.4 Å². The fourth-order valence-corrected chi connectivity index (χ4v) is 5.50. The van der Waals surface area contributed by atoms with Gasteiger partial charge in [0, 0.05) is 39.4 Å². The molecule has 7 aromatic rings. The van der Waals surface area contributed by atoms with Crippen LogP contribution in [0.15, 0.2) is 152 Å². The summed E-state index contributed by atoms with van der Waals surface area (Å²) >= 11 is 0. The maximum atomic E-state index is 4.88. The van der Waals surface area contributed by atoms with Crippen molar-refractivity contribution in [2.45, 2.75) is 6.92 Å². The molecule has 44 heavy (non-hydrogen) atoms. The average Bonchev–Trinajstić information content (AvgIpc) is 3.43. The number of rotatable bonds is 7. The van der Waals surface area contributed by atoms with Crippen molar-refractivity contribution >= 4 is 27.6 Å². The van der Waals surface area contributed by atoms with Gasteiger partial charge < -0.3 is 0 Å². The highest BCUT2D eigenvalue weighted by molar-refractivity contribution is 6.10. The zero-order chi connectivity index (χ0) is 29.9. The molecule has 4 aromatic carbocycles. The standard InChI is InChI=1S/C39H29N5/c1-3-5-17-32(4-2)44-35-24-23-31(26-34(35)33-18-12-25-40-39(33)44)27-19-21-30(22-20-27)38-42-36(28-13-8-6-9-14-28)41-37(43-38)29-15-10-7-11-16-29/h3-26H,1H2,2H3/b17-5-,32-4+. The smallest absolute Gasteiger partial charge is 0.164 e. The molecule has 5 nitrogen and oxygen atoms in total. The molecule has 0 unspecified atom stereocenters. The van der Waals surface area contributed by atoms with E-state index in [0.717, 1.165) is 55.5 Å². The van der Waals surface area contributed by atoms with Crippen molar-refractivity contribution in [3.63, 3.8) is 0 Å². The summed E-state index contributed by atoms with van der Waals surface area (Å²) in [4.78, 5) is 19.3. The van der Waals surface area contributed by atoms with Gasteiger partial charge in [0.2, 0.25) is 0 Å². The lowest BCUT2D eigenvalue weighted by Gasteiger charge is -2.10. The first-order chi connectivity index (χ1) is 21.7. The molecule has 0 saturated carbocycles. The molecule has 0 N–H and O–H groups in total. The topological polar surface area (TPSA) is 56.5 Å². The lowest BCUT2D eigenvalue weighted by molar-refractivity contribution is 1.07. The Morgan fingerprint density at radius 3 is 1.77 bits per heavy atom. The fourth-order valence-electron chi connectivity index (χ4n) is 5.50. The molecule has 3 aromatic heterocycles. The predicted octanol–water partition coefficient (Wildman–Crippen LogP) is 9.65. The SMILES string of the molecule is C=C/C=C\C(=C/C)n1c2ccc(-c3ccc(-c4nc(-c5ccccc5)nc(-c5ccccc5)n4)cc3)cc2c2cccnc21. The molecule has 0 amide bonds. The van der Waals surface area contributed by atoms with Crippen LogP contribution in [-0.4, -0.2) is 24.5 Å².